The topological polar surface area (TPSA) is 86.2 Å². The minimum Gasteiger partial charge on any atom is -0.399 e. The highest BCUT2D eigenvalue weighted by Crippen LogP contribution is 2.13. The third-order valence-electron chi connectivity index (χ3n) is 4.13. The normalized spacial score (nSPS) is 11.1. The third-order valence-corrected chi connectivity index (χ3v) is 4.13. The van der Waals surface area contributed by atoms with Gasteiger partial charge >= 0.3 is 0 Å². The van der Waals surface area contributed by atoms with E-state index in [2.05, 4.69) is 0 Å². The summed E-state index contributed by atoms with van der Waals surface area (Å²) in [5.74, 6) is -0.215. The van der Waals surface area contributed by atoms with Gasteiger partial charge in [-0.3, -0.25) is 9.59 Å². The Bertz CT molecular complexity index is 977. The average Bonchev–Trinajstić information content (AvgIpc) is 2.71. The van der Waals surface area contributed by atoms with Gasteiger partial charge < -0.3 is 11.5 Å². The van der Waals surface area contributed by atoms with E-state index in [9.17, 15) is 9.59 Å². The van der Waals surface area contributed by atoms with E-state index in [1.165, 1.54) is 12.2 Å². The number of allylic oxidation sites excluding steroid dienone is 2. The largest absolute Gasteiger partial charge is 0.399 e. The van der Waals surface area contributed by atoms with Gasteiger partial charge in [-0.1, -0.05) is 60.7 Å². The molecule has 28 heavy (non-hydrogen) atoms. The van der Waals surface area contributed by atoms with Crippen LogP contribution in [0.5, 0.6) is 0 Å². The first-order valence-corrected chi connectivity index (χ1v) is 8.77. The minimum atomic E-state index is -0.107. The number of nitrogen functional groups attached to an aromatic ring is 2. The van der Waals surface area contributed by atoms with Crippen molar-refractivity contribution in [3.05, 3.63) is 107 Å². The van der Waals surface area contributed by atoms with Crippen molar-refractivity contribution in [2.45, 2.75) is 0 Å². The van der Waals surface area contributed by atoms with Crippen LogP contribution >= 0.6 is 0 Å². The molecule has 4 heteroatoms. The summed E-state index contributed by atoms with van der Waals surface area (Å²) >= 11 is 0. The summed E-state index contributed by atoms with van der Waals surface area (Å²) in [6, 6.07) is 21.3. The molecule has 0 saturated heterocycles. The second-order valence-corrected chi connectivity index (χ2v) is 6.31. The minimum absolute atomic E-state index is 0.107. The van der Waals surface area contributed by atoms with E-state index in [0.29, 0.717) is 22.5 Å². The number of rotatable bonds is 6. The maximum atomic E-state index is 12.2. The van der Waals surface area contributed by atoms with Gasteiger partial charge in [0.05, 0.1) is 0 Å². The van der Waals surface area contributed by atoms with Gasteiger partial charge in [0, 0.05) is 22.5 Å². The second-order valence-electron chi connectivity index (χ2n) is 6.31. The van der Waals surface area contributed by atoms with Gasteiger partial charge in [0.25, 0.3) is 0 Å². The standard InChI is InChI=1S/C24H20N2O2/c25-21-5-1-3-19(15-21)23(27)13-11-17-7-9-18(10-8-17)12-14-24(28)20-4-2-6-22(26)16-20/h1-16H,25-26H2. The Morgan fingerprint density at radius 2 is 1.00 bits per heavy atom. The van der Waals surface area contributed by atoms with Crippen LogP contribution in [0.1, 0.15) is 31.8 Å². The molecular weight excluding hydrogens is 348 g/mol. The predicted octanol–water partition coefficient (Wildman–Crippen LogP) is 4.64. The van der Waals surface area contributed by atoms with Crippen molar-refractivity contribution in [3.8, 4) is 0 Å². The number of benzene rings is 3. The second kappa shape index (κ2) is 8.64. The molecule has 0 bridgehead atoms. The van der Waals surface area contributed by atoms with Gasteiger partial charge in [-0.25, -0.2) is 0 Å². The van der Waals surface area contributed by atoms with Crippen molar-refractivity contribution in [1.29, 1.82) is 0 Å². The molecular formula is C24H20N2O2. The van der Waals surface area contributed by atoms with E-state index < -0.39 is 0 Å². The Hall–Kier alpha value is -3.92. The number of nitrogens with two attached hydrogens (primary N) is 2. The lowest BCUT2D eigenvalue weighted by molar-refractivity contribution is 0.104. The van der Waals surface area contributed by atoms with E-state index in [0.717, 1.165) is 11.1 Å². The molecule has 0 aliphatic carbocycles. The molecule has 138 valence electrons. The molecule has 4 N–H and O–H groups in total. The highest BCUT2D eigenvalue weighted by Gasteiger charge is 2.02. The Kier molecular flexibility index (Phi) is 5.82. The SMILES string of the molecule is Nc1cccc(C(=O)C=Cc2ccc(C=CC(=O)c3cccc(N)c3)cc2)c1. The maximum Gasteiger partial charge on any atom is 0.185 e. The maximum absolute atomic E-state index is 12.2. The van der Waals surface area contributed by atoms with Gasteiger partial charge in [-0.2, -0.15) is 0 Å². The molecule has 0 saturated carbocycles. The highest BCUT2D eigenvalue weighted by atomic mass is 16.1. The molecule has 0 spiro atoms. The van der Waals surface area contributed by atoms with Crippen molar-refractivity contribution in [3.63, 3.8) is 0 Å². The lowest BCUT2D eigenvalue weighted by atomic mass is 10.1. The first-order chi connectivity index (χ1) is 13.5. The molecule has 0 amide bonds. The van der Waals surface area contributed by atoms with Crippen molar-refractivity contribution in [2.75, 3.05) is 11.5 Å². The smallest absolute Gasteiger partial charge is 0.185 e. The molecule has 3 rings (SSSR count). The molecule has 0 radical (unpaired) electrons. The summed E-state index contributed by atoms with van der Waals surface area (Å²) in [6.45, 7) is 0. The van der Waals surface area contributed by atoms with Crippen molar-refractivity contribution < 1.29 is 9.59 Å². The summed E-state index contributed by atoms with van der Waals surface area (Å²) in [5, 5.41) is 0. The Morgan fingerprint density at radius 1 is 0.607 bits per heavy atom. The van der Waals surface area contributed by atoms with Crippen molar-refractivity contribution in [2.24, 2.45) is 0 Å². The number of hydrogen-bond acceptors (Lipinski definition) is 4. The fourth-order valence-corrected chi connectivity index (χ4v) is 2.64. The fraction of sp³-hybridized carbons (Fsp3) is 0. The average molecular weight is 368 g/mol. The number of hydrogen-bond donors (Lipinski definition) is 2. The zero-order valence-electron chi connectivity index (χ0n) is 15.2. The number of carbonyl (C=O) groups is 2. The summed E-state index contributed by atoms with van der Waals surface area (Å²) in [5.41, 5.74) is 15.4. The number of ketones is 2. The van der Waals surface area contributed by atoms with E-state index in [1.807, 2.05) is 24.3 Å². The molecule has 0 fully saturated rings. The van der Waals surface area contributed by atoms with Crippen LogP contribution < -0.4 is 11.5 Å². The zero-order valence-corrected chi connectivity index (χ0v) is 15.2. The van der Waals surface area contributed by atoms with Gasteiger partial charge in [-0.15, -0.1) is 0 Å². The quantitative estimate of drug-likeness (QED) is 0.377. The van der Waals surface area contributed by atoms with E-state index in [4.69, 9.17) is 11.5 Å². The van der Waals surface area contributed by atoms with Crippen LogP contribution in [-0.2, 0) is 0 Å². The molecule has 0 atom stereocenters. The first-order valence-electron chi connectivity index (χ1n) is 8.77. The molecule has 0 aliphatic heterocycles. The van der Waals surface area contributed by atoms with Crippen LogP contribution in [0.2, 0.25) is 0 Å². The molecule has 4 nitrogen and oxygen atoms in total. The monoisotopic (exact) mass is 368 g/mol. The van der Waals surface area contributed by atoms with E-state index >= 15 is 0 Å². The lowest BCUT2D eigenvalue weighted by Gasteiger charge is -1.99. The van der Waals surface area contributed by atoms with Gasteiger partial charge in [0.1, 0.15) is 0 Å². The summed E-state index contributed by atoms with van der Waals surface area (Å²) < 4.78 is 0. The molecule has 0 unspecified atom stereocenters. The summed E-state index contributed by atoms with van der Waals surface area (Å²) in [6.07, 6.45) is 6.53. The van der Waals surface area contributed by atoms with E-state index in [-0.39, 0.29) is 11.6 Å². The summed E-state index contributed by atoms with van der Waals surface area (Å²) in [4.78, 5) is 24.3. The Labute approximate surface area is 163 Å². The van der Waals surface area contributed by atoms with Gasteiger partial charge in [0.15, 0.2) is 11.6 Å². The third kappa shape index (κ3) is 5.05. The summed E-state index contributed by atoms with van der Waals surface area (Å²) in [7, 11) is 0. The van der Waals surface area contributed by atoms with Crippen LogP contribution in [0.3, 0.4) is 0 Å². The van der Waals surface area contributed by atoms with Gasteiger partial charge in [-0.05, 0) is 47.5 Å². The molecule has 0 aliphatic rings. The van der Waals surface area contributed by atoms with E-state index in [1.54, 1.807) is 60.7 Å². The van der Waals surface area contributed by atoms with Crippen molar-refractivity contribution in [1.82, 2.24) is 0 Å². The van der Waals surface area contributed by atoms with Crippen LogP contribution in [-0.4, -0.2) is 11.6 Å². The van der Waals surface area contributed by atoms with Crippen LogP contribution in [0, 0.1) is 0 Å². The Balaban J connectivity index is 1.64. The highest BCUT2D eigenvalue weighted by molar-refractivity contribution is 6.08. The fourth-order valence-electron chi connectivity index (χ4n) is 2.64. The molecule has 3 aromatic carbocycles. The van der Waals surface area contributed by atoms with Gasteiger partial charge in [0.2, 0.25) is 0 Å². The molecule has 3 aromatic rings. The van der Waals surface area contributed by atoms with Crippen molar-refractivity contribution >= 4 is 35.1 Å². The first kappa shape index (κ1) is 18.9. The molecule has 0 aromatic heterocycles. The number of anilines is 2. The van der Waals surface area contributed by atoms with Crippen LogP contribution in [0.25, 0.3) is 12.2 Å². The number of carbonyl (C=O) groups excluding carboxylic acids is 2. The Morgan fingerprint density at radius 3 is 1.36 bits per heavy atom. The van der Waals surface area contributed by atoms with Crippen LogP contribution in [0.15, 0.2) is 84.9 Å². The van der Waals surface area contributed by atoms with Crippen LogP contribution in [0.4, 0.5) is 11.4 Å². The molecule has 0 heterocycles. The predicted molar refractivity (Wildman–Crippen MR) is 115 cm³/mol. The lowest BCUT2D eigenvalue weighted by Crippen LogP contribution is -1.96. The zero-order chi connectivity index (χ0) is 19.9.